The zero-order chi connectivity index (χ0) is 31.2. The molecule has 0 spiro atoms. The number of hydrogen-bond acceptors (Lipinski definition) is 5. The smallest absolute Gasteiger partial charge is 0.338 e. The van der Waals surface area contributed by atoms with Crippen LogP contribution in [0.25, 0.3) is 0 Å². The molecule has 0 N–H and O–H groups in total. The molecule has 0 saturated carbocycles. The summed E-state index contributed by atoms with van der Waals surface area (Å²) in [5.74, 6) is 0.601. The lowest BCUT2D eigenvalue weighted by Gasteiger charge is -2.12. The molecular weight excluding hydrogens is 553 g/mol. The molecule has 0 bridgehead atoms. The van der Waals surface area contributed by atoms with Gasteiger partial charge in [0, 0.05) is 6.21 Å². The number of carbonyl (C=O) groups is 1. The highest BCUT2D eigenvalue weighted by Crippen LogP contribution is 2.29. The van der Waals surface area contributed by atoms with Gasteiger partial charge in [0.25, 0.3) is 0 Å². The maximum atomic E-state index is 13.1. The van der Waals surface area contributed by atoms with E-state index in [1.54, 1.807) is 37.6 Å². The number of carbonyl (C=O) groups excluding carboxylic acids is 1. The van der Waals surface area contributed by atoms with Gasteiger partial charge in [-0.2, -0.15) is 0 Å². The lowest BCUT2D eigenvalue weighted by Crippen LogP contribution is -2.07. The summed E-state index contributed by atoms with van der Waals surface area (Å²) in [6, 6.07) is 18.8. The van der Waals surface area contributed by atoms with E-state index in [2.05, 4.69) is 11.9 Å². The van der Waals surface area contributed by atoms with Crippen LogP contribution in [0.3, 0.4) is 0 Å². The van der Waals surface area contributed by atoms with Gasteiger partial charge in [-0.1, -0.05) is 103 Å². The summed E-state index contributed by atoms with van der Waals surface area (Å²) in [7, 11) is 1.59. The van der Waals surface area contributed by atoms with E-state index < -0.39 is 0 Å². The van der Waals surface area contributed by atoms with Gasteiger partial charge in [-0.25, -0.2) is 9.18 Å². The molecule has 0 fully saturated rings. The maximum Gasteiger partial charge on any atom is 0.338 e. The highest BCUT2D eigenvalue weighted by Gasteiger charge is 2.09. The summed E-state index contributed by atoms with van der Waals surface area (Å²) >= 11 is 0. The van der Waals surface area contributed by atoms with Gasteiger partial charge in [-0.15, -0.1) is 0 Å². The van der Waals surface area contributed by atoms with Gasteiger partial charge in [0.05, 0.1) is 25.0 Å². The molecule has 0 aliphatic heterocycles. The van der Waals surface area contributed by atoms with Crippen LogP contribution < -0.4 is 9.47 Å². The van der Waals surface area contributed by atoms with Gasteiger partial charge in [-0.05, 0) is 72.1 Å². The molecule has 0 aliphatic carbocycles. The standard InChI is InChI=1S/C38H50FNO4/c1-3-4-5-6-7-8-9-10-11-12-13-14-15-16-27-43-38(41)33-20-17-31(18-21-33)30-44-36-26-19-32(28-37(36)42-2)29-40-35-24-22-34(39)23-25-35/h17-26,28-29H,3-16,27,30H2,1-2H3. The van der Waals surface area contributed by atoms with Crippen molar-refractivity contribution in [3.63, 3.8) is 0 Å². The molecule has 3 aromatic rings. The molecule has 0 radical (unpaired) electrons. The molecule has 0 atom stereocenters. The van der Waals surface area contributed by atoms with E-state index in [1.807, 2.05) is 30.3 Å². The Hall–Kier alpha value is -3.67. The maximum absolute atomic E-state index is 13.1. The number of benzene rings is 3. The Bertz CT molecular complexity index is 1240. The topological polar surface area (TPSA) is 57.1 Å². The first kappa shape index (κ1) is 34.8. The molecule has 0 saturated heterocycles. The van der Waals surface area contributed by atoms with Gasteiger partial charge in [0.2, 0.25) is 0 Å². The molecule has 3 rings (SSSR count). The van der Waals surface area contributed by atoms with E-state index in [9.17, 15) is 9.18 Å². The lowest BCUT2D eigenvalue weighted by atomic mass is 10.0. The molecule has 0 unspecified atom stereocenters. The lowest BCUT2D eigenvalue weighted by molar-refractivity contribution is 0.0497. The largest absolute Gasteiger partial charge is 0.493 e. The minimum absolute atomic E-state index is 0.285. The number of hydrogen-bond donors (Lipinski definition) is 0. The highest BCUT2D eigenvalue weighted by molar-refractivity contribution is 5.89. The van der Waals surface area contributed by atoms with Crippen molar-refractivity contribution >= 4 is 17.9 Å². The Labute approximate surface area is 263 Å². The second-order valence-electron chi connectivity index (χ2n) is 11.4. The van der Waals surface area contributed by atoms with Crippen molar-refractivity contribution in [1.82, 2.24) is 0 Å². The molecule has 5 nitrogen and oxygen atoms in total. The highest BCUT2D eigenvalue weighted by atomic mass is 19.1. The van der Waals surface area contributed by atoms with Crippen molar-refractivity contribution in [1.29, 1.82) is 0 Å². The van der Waals surface area contributed by atoms with Crippen LogP contribution in [0.2, 0.25) is 0 Å². The number of halogens is 1. The van der Waals surface area contributed by atoms with Crippen molar-refractivity contribution in [2.75, 3.05) is 13.7 Å². The fraction of sp³-hybridized carbons (Fsp3) is 0.474. The predicted octanol–water partition coefficient (Wildman–Crippen LogP) is 10.8. The Morgan fingerprint density at radius 2 is 1.32 bits per heavy atom. The molecular formula is C38H50FNO4. The van der Waals surface area contributed by atoms with E-state index >= 15 is 0 Å². The Morgan fingerprint density at radius 3 is 1.91 bits per heavy atom. The summed E-state index contributed by atoms with van der Waals surface area (Å²) in [4.78, 5) is 16.8. The van der Waals surface area contributed by atoms with Gasteiger partial charge in [0.15, 0.2) is 11.5 Å². The van der Waals surface area contributed by atoms with Crippen LogP contribution in [0.4, 0.5) is 10.1 Å². The van der Waals surface area contributed by atoms with Crippen LogP contribution in [-0.2, 0) is 11.3 Å². The Kier molecular flexibility index (Phi) is 16.7. The zero-order valence-corrected chi connectivity index (χ0v) is 26.7. The fourth-order valence-corrected chi connectivity index (χ4v) is 5.00. The van der Waals surface area contributed by atoms with Crippen LogP contribution in [0.5, 0.6) is 11.5 Å². The number of ether oxygens (including phenoxy) is 3. The summed E-state index contributed by atoms with van der Waals surface area (Å²) in [6.07, 6.45) is 19.9. The van der Waals surface area contributed by atoms with Crippen LogP contribution in [0.1, 0.15) is 118 Å². The third-order valence-corrected chi connectivity index (χ3v) is 7.69. The van der Waals surface area contributed by atoms with Crippen molar-refractivity contribution in [3.05, 3.63) is 89.2 Å². The number of aliphatic imine (C=N–C) groups is 1. The van der Waals surface area contributed by atoms with E-state index in [0.717, 1.165) is 24.0 Å². The van der Waals surface area contributed by atoms with Gasteiger partial charge in [-0.3, -0.25) is 4.99 Å². The average Bonchev–Trinajstić information content (AvgIpc) is 3.05. The van der Waals surface area contributed by atoms with E-state index in [-0.39, 0.29) is 11.8 Å². The molecule has 0 amide bonds. The monoisotopic (exact) mass is 603 g/mol. The molecule has 44 heavy (non-hydrogen) atoms. The summed E-state index contributed by atoms with van der Waals surface area (Å²) in [5, 5.41) is 0. The second kappa shape index (κ2) is 21.1. The molecule has 0 aromatic heterocycles. The Balaban J connectivity index is 1.28. The van der Waals surface area contributed by atoms with Crippen molar-refractivity contribution in [2.45, 2.75) is 103 Å². The number of unbranched alkanes of at least 4 members (excludes halogenated alkanes) is 13. The number of nitrogens with zero attached hydrogens (tertiary/aromatic N) is 1. The van der Waals surface area contributed by atoms with Crippen molar-refractivity contribution in [3.8, 4) is 11.5 Å². The first-order valence-corrected chi connectivity index (χ1v) is 16.5. The summed E-state index contributed by atoms with van der Waals surface area (Å²) in [6.45, 7) is 3.06. The predicted molar refractivity (Wildman–Crippen MR) is 178 cm³/mol. The fourth-order valence-electron chi connectivity index (χ4n) is 5.00. The zero-order valence-electron chi connectivity index (χ0n) is 26.7. The van der Waals surface area contributed by atoms with Gasteiger partial charge in [0.1, 0.15) is 12.4 Å². The molecule has 238 valence electrons. The van der Waals surface area contributed by atoms with Gasteiger partial charge < -0.3 is 14.2 Å². The third-order valence-electron chi connectivity index (χ3n) is 7.69. The van der Waals surface area contributed by atoms with E-state index in [0.29, 0.717) is 36.0 Å². The van der Waals surface area contributed by atoms with Crippen LogP contribution in [0.15, 0.2) is 71.7 Å². The third kappa shape index (κ3) is 13.7. The quantitative estimate of drug-likeness (QED) is 0.0651. The minimum atomic E-state index is -0.294. The summed E-state index contributed by atoms with van der Waals surface area (Å²) < 4.78 is 30.1. The SMILES string of the molecule is CCCCCCCCCCCCCCCCOC(=O)c1ccc(COc2ccc(C=Nc3ccc(F)cc3)cc2OC)cc1. The number of rotatable bonds is 22. The van der Waals surface area contributed by atoms with Crippen LogP contribution in [-0.4, -0.2) is 25.9 Å². The first-order chi connectivity index (χ1) is 21.6. The number of methoxy groups -OCH3 is 1. The molecule has 0 heterocycles. The second-order valence-corrected chi connectivity index (χ2v) is 11.4. The van der Waals surface area contributed by atoms with Crippen molar-refractivity contribution in [2.24, 2.45) is 4.99 Å². The van der Waals surface area contributed by atoms with E-state index in [4.69, 9.17) is 14.2 Å². The van der Waals surface area contributed by atoms with Crippen LogP contribution in [0, 0.1) is 5.82 Å². The molecule has 3 aromatic carbocycles. The van der Waals surface area contributed by atoms with Gasteiger partial charge >= 0.3 is 5.97 Å². The van der Waals surface area contributed by atoms with Crippen molar-refractivity contribution < 1.29 is 23.4 Å². The van der Waals surface area contributed by atoms with E-state index in [1.165, 1.54) is 89.2 Å². The molecule has 0 aliphatic rings. The summed E-state index contributed by atoms with van der Waals surface area (Å²) in [5.41, 5.74) is 2.96. The Morgan fingerprint density at radius 1 is 0.727 bits per heavy atom. The minimum Gasteiger partial charge on any atom is -0.493 e. The number of esters is 1. The normalized spacial score (nSPS) is 11.2. The first-order valence-electron chi connectivity index (χ1n) is 16.5. The molecule has 6 heteroatoms. The average molecular weight is 604 g/mol. The van der Waals surface area contributed by atoms with Crippen LogP contribution >= 0.6 is 0 Å².